The molecule has 24 heavy (non-hydrogen) atoms. The van der Waals surface area contributed by atoms with Crippen molar-refractivity contribution in [1.29, 1.82) is 0 Å². The fourth-order valence-electron chi connectivity index (χ4n) is 2.67. The van der Waals surface area contributed by atoms with E-state index in [1.54, 1.807) is 6.92 Å². The summed E-state index contributed by atoms with van der Waals surface area (Å²) in [6.07, 6.45) is 1.44. The van der Waals surface area contributed by atoms with Gasteiger partial charge in [0.25, 0.3) is 5.91 Å². The third-order valence-electron chi connectivity index (χ3n) is 4.28. The standard InChI is InChI=1S/C21H27NO2/c1-5-17-11-12-18(6-2)19(13-17)14-22-21(23)16(4)24-20-10-8-7-9-15(20)3/h7-13,16H,5-6,14H2,1-4H3,(H,22,23). The summed E-state index contributed by atoms with van der Waals surface area (Å²) in [4.78, 5) is 12.3. The second-order valence-corrected chi connectivity index (χ2v) is 6.05. The van der Waals surface area contributed by atoms with Crippen LogP contribution in [0.25, 0.3) is 0 Å². The molecule has 0 radical (unpaired) electrons. The van der Waals surface area contributed by atoms with E-state index in [4.69, 9.17) is 4.74 Å². The van der Waals surface area contributed by atoms with Crippen LogP contribution in [0.1, 0.15) is 43.0 Å². The lowest BCUT2D eigenvalue weighted by atomic mass is 10.0. The molecule has 1 N–H and O–H groups in total. The number of carbonyl (C=O) groups is 1. The molecule has 1 amide bonds. The Morgan fingerprint density at radius 1 is 1.08 bits per heavy atom. The summed E-state index contributed by atoms with van der Waals surface area (Å²) < 4.78 is 5.78. The molecule has 2 aromatic carbocycles. The van der Waals surface area contributed by atoms with Gasteiger partial charge in [-0.2, -0.15) is 0 Å². The number of rotatable bonds is 7. The molecule has 0 heterocycles. The first-order valence-corrected chi connectivity index (χ1v) is 8.65. The van der Waals surface area contributed by atoms with Crippen molar-refractivity contribution in [3.8, 4) is 5.75 Å². The SMILES string of the molecule is CCc1ccc(CC)c(CNC(=O)C(C)Oc2ccccc2C)c1. The highest BCUT2D eigenvalue weighted by atomic mass is 16.5. The number of hydrogen-bond donors (Lipinski definition) is 1. The second-order valence-electron chi connectivity index (χ2n) is 6.05. The predicted octanol–water partition coefficient (Wildman–Crippen LogP) is 4.20. The van der Waals surface area contributed by atoms with Gasteiger partial charge in [-0.25, -0.2) is 0 Å². The van der Waals surface area contributed by atoms with Crippen molar-refractivity contribution in [3.63, 3.8) is 0 Å². The Morgan fingerprint density at radius 2 is 1.83 bits per heavy atom. The van der Waals surface area contributed by atoms with Crippen LogP contribution in [0.15, 0.2) is 42.5 Å². The van der Waals surface area contributed by atoms with E-state index in [1.165, 1.54) is 16.7 Å². The highest BCUT2D eigenvalue weighted by Crippen LogP contribution is 2.18. The van der Waals surface area contributed by atoms with Gasteiger partial charge in [0.1, 0.15) is 5.75 Å². The average molecular weight is 325 g/mol. The van der Waals surface area contributed by atoms with Gasteiger partial charge in [-0.15, -0.1) is 0 Å². The lowest BCUT2D eigenvalue weighted by molar-refractivity contribution is -0.127. The maximum atomic E-state index is 12.3. The molecular formula is C21H27NO2. The zero-order valence-electron chi connectivity index (χ0n) is 15.1. The fraction of sp³-hybridized carbons (Fsp3) is 0.381. The molecule has 1 atom stereocenters. The number of nitrogens with one attached hydrogen (secondary N) is 1. The van der Waals surface area contributed by atoms with Crippen molar-refractivity contribution in [2.24, 2.45) is 0 Å². The zero-order valence-corrected chi connectivity index (χ0v) is 15.1. The molecule has 0 aliphatic carbocycles. The molecule has 0 aromatic heterocycles. The number of benzene rings is 2. The van der Waals surface area contributed by atoms with Crippen LogP contribution in [0.4, 0.5) is 0 Å². The van der Waals surface area contributed by atoms with E-state index in [1.807, 2.05) is 31.2 Å². The Labute approximate surface area is 145 Å². The number of carbonyl (C=O) groups excluding carboxylic acids is 1. The van der Waals surface area contributed by atoms with Gasteiger partial charge in [0.05, 0.1) is 0 Å². The maximum Gasteiger partial charge on any atom is 0.261 e. The molecule has 1 unspecified atom stereocenters. The van der Waals surface area contributed by atoms with Crippen molar-refractivity contribution < 1.29 is 9.53 Å². The van der Waals surface area contributed by atoms with Crippen LogP contribution in [-0.2, 0) is 24.2 Å². The van der Waals surface area contributed by atoms with Crippen molar-refractivity contribution in [1.82, 2.24) is 5.32 Å². The third kappa shape index (κ3) is 4.60. The van der Waals surface area contributed by atoms with Crippen LogP contribution >= 0.6 is 0 Å². The molecule has 2 rings (SSSR count). The van der Waals surface area contributed by atoms with Gasteiger partial charge in [0.2, 0.25) is 0 Å². The first-order valence-electron chi connectivity index (χ1n) is 8.65. The first-order chi connectivity index (χ1) is 11.5. The van der Waals surface area contributed by atoms with Crippen molar-refractivity contribution in [2.75, 3.05) is 0 Å². The smallest absolute Gasteiger partial charge is 0.261 e. The molecule has 3 heteroatoms. The summed E-state index contributed by atoms with van der Waals surface area (Å²) >= 11 is 0. The second kappa shape index (κ2) is 8.53. The molecule has 3 nitrogen and oxygen atoms in total. The quantitative estimate of drug-likeness (QED) is 0.828. The Morgan fingerprint density at radius 3 is 2.50 bits per heavy atom. The summed E-state index contributed by atoms with van der Waals surface area (Å²) in [6.45, 7) is 8.57. The van der Waals surface area contributed by atoms with E-state index in [2.05, 4.69) is 37.4 Å². The highest BCUT2D eigenvalue weighted by molar-refractivity contribution is 5.80. The van der Waals surface area contributed by atoms with Gasteiger partial charge in [-0.05, 0) is 55.0 Å². The lowest BCUT2D eigenvalue weighted by Gasteiger charge is -2.17. The average Bonchev–Trinajstić information content (AvgIpc) is 2.61. The lowest BCUT2D eigenvalue weighted by Crippen LogP contribution is -2.36. The molecule has 0 fully saturated rings. The van der Waals surface area contributed by atoms with Crippen LogP contribution in [0, 0.1) is 6.92 Å². The molecule has 2 aromatic rings. The molecular weight excluding hydrogens is 298 g/mol. The summed E-state index contributed by atoms with van der Waals surface area (Å²) in [5.41, 5.74) is 4.79. The Kier molecular flexibility index (Phi) is 6.42. The molecule has 0 saturated carbocycles. The number of hydrogen-bond acceptors (Lipinski definition) is 2. The Bertz CT molecular complexity index is 694. The van der Waals surface area contributed by atoms with Gasteiger partial charge < -0.3 is 10.1 Å². The molecule has 0 bridgehead atoms. The number of amides is 1. The summed E-state index contributed by atoms with van der Waals surface area (Å²) in [5.74, 6) is 0.657. The predicted molar refractivity (Wildman–Crippen MR) is 98.3 cm³/mol. The third-order valence-corrected chi connectivity index (χ3v) is 4.28. The van der Waals surface area contributed by atoms with Gasteiger partial charge in [0, 0.05) is 6.54 Å². The maximum absolute atomic E-state index is 12.3. The normalized spacial score (nSPS) is 11.8. The van der Waals surface area contributed by atoms with Crippen LogP contribution in [0.2, 0.25) is 0 Å². The van der Waals surface area contributed by atoms with E-state index >= 15 is 0 Å². The van der Waals surface area contributed by atoms with E-state index in [-0.39, 0.29) is 5.91 Å². The van der Waals surface area contributed by atoms with Crippen molar-refractivity contribution in [3.05, 3.63) is 64.7 Å². The van der Waals surface area contributed by atoms with E-state index in [9.17, 15) is 4.79 Å². The van der Waals surface area contributed by atoms with E-state index in [0.717, 1.165) is 24.2 Å². The number of aryl methyl sites for hydroxylation is 3. The molecule has 0 aliphatic heterocycles. The first kappa shape index (κ1) is 18.1. The minimum Gasteiger partial charge on any atom is -0.481 e. The minimum absolute atomic E-state index is 0.0952. The van der Waals surface area contributed by atoms with Gasteiger partial charge in [0.15, 0.2) is 6.10 Å². The Balaban J connectivity index is 1.98. The molecule has 0 spiro atoms. The van der Waals surface area contributed by atoms with Crippen molar-refractivity contribution >= 4 is 5.91 Å². The Hall–Kier alpha value is -2.29. The topological polar surface area (TPSA) is 38.3 Å². The summed E-state index contributed by atoms with van der Waals surface area (Å²) in [5, 5.41) is 3.00. The summed E-state index contributed by atoms with van der Waals surface area (Å²) in [7, 11) is 0. The fourth-order valence-corrected chi connectivity index (χ4v) is 2.67. The van der Waals surface area contributed by atoms with Crippen LogP contribution in [0.5, 0.6) is 5.75 Å². The molecule has 128 valence electrons. The van der Waals surface area contributed by atoms with Crippen molar-refractivity contribution in [2.45, 2.75) is 53.2 Å². The van der Waals surface area contributed by atoms with Crippen LogP contribution < -0.4 is 10.1 Å². The van der Waals surface area contributed by atoms with Crippen LogP contribution in [-0.4, -0.2) is 12.0 Å². The summed E-state index contributed by atoms with van der Waals surface area (Å²) in [6, 6.07) is 14.2. The van der Waals surface area contributed by atoms with Gasteiger partial charge in [-0.3, -0.25) is 4.79 Å². The van der Waals surface area contributed by atoms with Crippen LogP contribution in [0.3, 0.4) is 0 Å². The number of para-hydroxylation sites is 1. The minimum atomic E-state index is -0.523. The van der Waals surface area contributed by atoms with E-state index < -0.39 is 6.10 Å². The van der Waals surface area contributed by atoms with E-state index in [0.29, 0.717) is 6.54 Å². The largest absolute Gasteiger partial charge is 0.481 e. The van der Waals surface area contributed by atoms with Gasteiger partial charge in [-0.1, -0.05) is 50.2 Å². The zero-order chi connectivity index (χ0) is 17.5. The van der Waals surface area contributed by atoms with Gasteiger partial charge >= 0.3 is 0 Å². The molecule has 0 saturated heterocycles. The number of ether oxygens (including phenoxy) is 1. The molecule has 0 aliphatic rings. The monoisotopic (exact) mass is 325 g/mol. The highest BCUT2D eigenvalue weighted by Gasteiger charge is 2.15.